The van der Waals surface area contributed by atoms with Crippen molar-refractivity contribution < 1.29 is 14.1 Å². The molecule has 0 bridgehead atoms. The van der Waals surface area contributed by atoms with E-state index in [1.807, 2.05) is 43.3 Å². The van der Waals surface area contributed by atoms with Crippen molar-refractivity contribution in [2.45, 2.75) is 19.9 Å². The summed E-state index contributed by atoms with van der Waals surface area (Å²) in [5, 5.41) is 7.27. The summed E-state index contributed by atoms with van der Waals surface area (Å²) in [5.74, 6) is 1.43. The van der Waals surface area contributed by atoms with Crippen molar-refractivity contribution in [1.82, 2.24) is 15.5 Å². The van der Waals surface area contributed by atoms with Crippen LogP contribution in [-0.2, 0) is 17.8 Å². The maximum Gasteiger partial charge on any atom is 0.246 e. The van der Waals surface area contributed by atoms with Crippen LogP contribution in [0.3, 0.4) is 0 Å². The van der Waals surface area contributed by atoms with Crippen LogP contribution in [0.15, 0.2) is 53.1 Å². The molecule has 0 saturated heterocycles. The van der Waals surface area contributed by atoms with Gasteiger partial charge in [0.1, 0.15) is 5.75 Å². The quantitative estimate of drug-likeness (QED) is 0.686. The van der Waals surface area contributed by atoms with E-state index in [4.69, 9.17) is 20.9 Å². The van der Waals surface area contributed by atoms with Gasteiger partial charge in [-0.15, -0.1) is 0 Å². The number of ether oxygens (including phenoxy) is 1. The van der Waals surface area contributed by atoms with Gasteiger partial charge in [-0.2, -0.15) is 4.98 Å². The van der Waals surface area contributed by atoms with Gasteiger partial charge in [0, 0.05) is 10.6 Å². The highest BCUT2D eigenvalue weighted by Gasteiger charge is 2.10. The minimum Gasteiger partial charge on any atom is -0.494 e. The lowest BCUT2D eigenvalue weighted by Gasteiger charge is -2.05. The third-order valence-electron chi connectivity index (χ3n) is 3.59. The normalized spacial score (nSPS) is 10.5. The molecule has 0 atom stereocenters. The lowest BCUT2D eigenvalue weighted by atomic mass is 10.1. The van der Waals surface area contributed by atoms with Gasteiger partial charge in [0.05, 0.1) is 19.6 Å². The number of hydrogen-bond donors (Lipinski definition) is 1. The molecule has 2 aromatic carbocycles. The van der Waals surface area contributed by atoms with Crippen LogP contribution in [0.5, 0.6) is 5.75 Å². The third-order valence-corrected chi connectivity index (χ3v) is 3.82. The first-order chi connectivity index (χ1) is 12.6. The molecule has 1 amide bonds. The average Bonchev–Trinajstić information content (AvgIpc) is 3.11. The Balaban J connectivity index is 1.53. The predicted octanol–water partition coefficient (Wildman–Crippen LogP) is 3.65. The van der Waals surface area contributed by atoms with E-state index < -0.39 is 0 Å². The Morgan fingerprint density at radius 3 is 2.77 bits per heavy atom. The molecule has 0 radical (unpaired) electrons. The van der Waals surface area contributed by atoms with E-state index in [-0.39, 0.29) is 18.9 Å². The molecule has 6 nitrogen and oxygen atoms in total. The first-order valence-corrected chi connectivity index (χ1v) is 8.59. The Hall–Kier alpha value is -2.86. The number of nitrogens with one attached hydrogen (secondary N) is 1. The van der Waals surface area contributed by atoms with Gasteiger partial charge >= 0.3 is 0 Å². The van der Waals surface area contributed by atoms with Gasteiger partial charge in [-0.25, -0.2) is 0 Å². The molecule has 0 aliphatic carbocycles. The second kappa shape index (κ2) is 8.49. The van der Waals surface area contributed by atoms with E-state index in [0.29, 0.717) is 23.3 Å². The molecule has 0 aliphatic rings. The molecular formula is C19H18ClN3O3. The number of rotatable bonds is 7. The van der Waals surface area contributed by atoms with Crippen molar-refractivity contribution in [2.75, 3.05) is 6.61 Å². The van der Waals surface area contributed by atoms with Crippen LogP contribution in [0.1, 0.15) is 18.4 Å². The second-order valence-electron chi connectivity index (χ2n) is 5.55. The molecule has 1 N–H and O–H groups in total. The first-order valence-electron chi connectivity index (χ1n) is 8.21. The number of benzene rings is 2. The van der Waals surface area contributed by atoms with Crippen molar-refractivity contribution >= 4 is 17.5 Å². The molecule has 3 rings (SSSR count). The monoisotopic (exact) mass is 371 g/mol. The Labute approximate surface area is 156 Å². The SMILES string of the molecule is CCOc1ccc(CC(=O)NCc2nc(-c3cccc(Cl)c3)no2)cc1. The first kappa shape index (κ1) is 17.9. The topological polar surface area (TPSA) is 77.2 Å². The zero-order valence-corrected chi connectivity index (χ0v) is 15.0. The Kier molecular flexibility index (Phi) is 5.86. The summed E-state index contributed by atoms with van der Waals surface area (Å²) in [6.07, 6.45) is 0.266. The Morgan fingerprint density at radius 2 is 2.04 bits per heavy atom. The maximum absolute atomic E-state index is 12.1. The van der Waals surface area contributed by atoms with Crippen LogP contribution in [0.2, 0.25) is 5.02 Å². The molecule has 0 unspecified atom stereocenters. The second-order valence-corrected chi connectivity index (χ2v) is 5.99. The van der Waals surface area contributed by atoms with E-state index in [2.05, 4.69) is 15.5 Å². The number of hydrogen-bond acceptors (Lipinski definition) is 5. The van der Waals surface area contributed by atoms with Gasteiger partial charge in [-0.1, -0.05) is 41.0 Å². The predicted molar refractivity (Wildman–Crippen MR) is 97.9 cm³/mol. The molecule has 1 aromatic heterocycles. The molecular weight excluding hydrogens is 354 g/mol. The highest BCUT2D eigenvalue weighted by molar-refractivity contribution is 6.30. The summed E-state index contributed by atoms with van der Waals surface area (Å²) < 4.78 is 10.5. The lowest BCUT2D eigenvalue weighted by Crippen LogP contribution is -2.24. The van der Waals surface area contributed by atoms with E-state index in [9.17, 15) is 4.79 Å². The average molecular weight is 372 g/mol. The van der Waals surface area contributed by atoms with Gasteiger partial charge in [-0.05, 0) is 36.8 Å². The number of amides is 1. The van der Waals surface area contributed by atoms with Crippen molar-refractivity contribution in [1.29, 1.82) is 0 Å². The van der Waals surface area contributed by atoms with Crippen LogP contribution >= 0.6 is 11.6 Å². The Morgan fingerprint density at radius 1 is 1.23 bits per heavy atom. The number of aromatic nitrogens is 2. The van der Waals surface area contributed by atoms with Crippen molar-refractivity contribution in [3.05, 3.63) is 65.0 Å². The van der Waals surface area contributed by atoms with Crippen molar-refractivity contribution in [2.24, 2.45) is 0 Å². The summed E-state index contributed by atoms with van der Waals surface area (Å²) in [6.45, 7) is 2.71. The van der Waals surface area contributed by atoms with E-state index in [0.717, 1.165) is 16.9 Å². The fourth-order valence-electron chi connectivity index (χ4n) is 2.36. The molecule has 0 aliphatic heterocycles. The molecule has 0 spiro atoms. The van der Waals surface area contributed by atoms with E-state index >= 15 is 0 Å². The fraction of sp³-hybridized carbons (Fsp3) is 0.211. The van der Waals surface area contributed by atoms with Crippen molar-refractivity contribution in [3.8, 4) is 17.1 Å². The highest BCUT2D eigenvalue weighted by Crippen LogP contribution is 2.19. The molecule has 0 saturated carbocycles. The summed E-state index contributed by atoms with van der Waals surface area (Å²) in [6, 6.07) is 14.6. The standard InChI is InChI=1S/C19H18ClN3O3/c1-2-25-16-8-6-13(7-9-16)10-17(24)21-12-18-22-19(23-26-18)14-4-3-5-15(20)11-14/h3-9,11H,2,10,12H2,1H3,(H,21,24). The van der Waals surface area contributed by atoms with E-state index in [1.54, 1.807) is 12.1 Å². The number of carbonyl (C=O) groups excluding carboxylic acids is 1. The van der Waals surface area contributed by atoms with Crippen LogP contribution in [0.4, 0.5) is 0 Å². The van der Waals surface area contributed by atoms with Crippen LogP contribution in [0, 0.1) is 0 Å². The maximum atomic E-state index is 12.1. The lowest BCUT2D eigenvalue weighted by molar-refractivity contribution is -0.120. The van der Waals surface area contributed by atoms with Gasteiger partial charge in [-0.3, -0.25) is 4.79 Å². The zero-order valence-electron chi connectivity index (χ0n) is 14.2. The number of nitrogens with zero attached hydrogens (tertiary/aromatic N) is 2. The minimum atomic E-state index is -0.128. The molecule has 0 fully saturated rings. The number of carbonyl (C=O) groups is 1. The van der Waals surface area contributed by atoms with E-state index in [1.165, 1.54) is 0 Å². The summed E-state index contributed by atoms with van der Waals surface area (Å²) in [4.78, 5) is 16.3. The van der Waals surface area contributed by atoms with Gasteiger partial charge in [0.25, 0.3) is 0 Å². The summed E-state index contributed by atoms with van der Waals surface area (Å²) >= 11 is 5.96. The fourth-order valence-corrected chi connectivity index (χ4v) is 2.55. The minimum absolute atomic E-state index is 0.128. The molecule has 7 heteroatoms. The number of halogens is 1. The van der Waals surface area contributed by atoms with Crippen LogP contribution in [-0.4, -0.2) is 22.7 Å². The van der Waals surface area contributed by atoms with Gasteiger partial charge in [0.2, 0.25) is 17.6 Å². The molecule has 134 valence electrons. The third kappa shape index (κ3) is 4.83. The molecule has 1 heterocycles. The zero-order chi connectivity index (χ0) is 18.4. The molecule has 26 heavy (non-hydrogen) atoms. The van der Waals surface area contributed by atoms with Crippen molar-refractivity contribution in [3.63, 3.8) is 0 Å². The van der Waals surface area contributed by atoms with Gasteiger partial charge < -0.3 is 14.6 Å². The molecule has 3 aromatic rings. The van der Waals surface area contributed by atoms with Crippen LogP contribution < -0.4 is 10.1 Å². The highest BCUT2D eigenvalue weighted by atomic mass is 35.5. The summed E-state index contributed by atoms with van der Waals surface area (Å²) in [5.41, 5.74) is 1.66. The smallest absolute Gasteiger partial charge is 0.246 e. The van der Waals surface area contributed by atoms with Crippen LogP contribution in [0.25, 0.3) is 11.4 Å². The largest absolute Gasteiger partial charge is 0.494 e. The van der Waals surface area contributed by atoms with Gasteiger partial charge in [0.15, 0.2) is 0 Å². The summed E-state index contributed by atoms with van der Waals surface area (Å²) in [7, 11) is 0. The Bertz CT molecular complexity index is 878.